The van der Waals surface area contributed by atoms with Gasteiger partial charge in [0.2, 0.25) is 5.91 Å². The van der Waals surface area contributed by atoms with Crippen molar-refractivity contribution >= 4 is 40.4 Å². The van der Waals surface area contributed by atoms with Gasteiger partial charge in [0.1, 0.15) is 0 Å². The number of amides is 1. The Bertz CT molecular complexity index is 1580. The highest BCUT2D eigenvalue weighted by Gasteiger charge is 2.13. The van der Waals surface area contributed by atoms with Crippen LogP contribution in [0, 0.1) is 6.92 Å². The number of ketones is 1. The summed E-state index contributed by atoms with van der Waals surface area (Å²) in [4.78, 5) is 25.7. The van der Waals surface area contributed by atoms with Crippen LogP contribution in [0.25, 0.3) is 23.1 Å². The number of rotatable bonds is 8. The zero-order valence-corrected chi connectivity index (χ0v) is 20.6. The van der Waals surface area contributed by atoms with Gasteiger partial charge in [0.25, 0.3) is 0 Å². The summed E-state index contributed by atoms with van der Waals surface area (Å²) >= 11 is 0. The second kappa shape index (κ2) is 10.9. The third-order valence-corrected chi connectivity index (χ3v) is 6.26. The molecule has 0 aliphatic rings. The molecule has 0 radical (unpaired) electrons. The molecule has 182 valence electrons. The van der Waals surface area contributed by atoms with Gasteiger partial charge in [0, 0.05) is 28.6 Å². The van der Waals surface area contributed by atoms with Crippen LogP contribution in [-0.4, -0.2) is 21.9 Å². The van der Waals surface area contributed by atoms with E-state index in [-0.39, 0.29) is 11.7 Å². The number of anilines is 1. The molecule has 0 saturated heterocycles. The molecule has 5 heteroatoms. The molecular weight excluding hydrogens is 458 g/mol. The lowest BCUT2D eigenvalue weighted by atomic mass is 10.0. The minimum Gasteiger partial charge on any atom is -0.326 e. The molecule has 0 aliphatic heterocycles. The van der Waals surface area contributed by atoms with Crippen molar-refractivity contribution < 1.29 is 9.59 Å². The van der Waals surface area contributed by atoms with Crippen LogP contribution in [0.3, 0.4) is 0 Å². The molecule has 1 heterocycles. The molecule has 0 aliphatic carbocycles. The SMILES string of the molecule is Cc1ccc(CCC(=O)Nc2cccc(C(=O)c3ccc4c(/C=C/c5ccccc5)n[nH]c4c3)c2)cc1. The number of fused-ring (bicyclic) bond motifs is 1. The van der Waals surface area contributed by atoms with E-state index in [0.29, 0.717) is 29.7 Å². The second-order valence-electron chi connectivity index (χ2n) is 9.06. The van der Waals surface area contributed by atoms with Gasteiger partial charge in [-0.3, -0.25) is 14.7 Å². The summed E-state index contributed by atoms with van der Waals surface area (Å²) in [5.74, 6) is -0.200. The van der Waals surface area contributed by atoms with Crippen LogP contribution in [-0.2, 0) is 11.2 Å². The average molecular weight is 486 g/mol. The van der Waals surface area contributed by atoms with Crippen LogP contribution in [0.15, 0.2) is 97.1 Å². The van der Waals surface area contributed by atoms with Crippen molar-refractivity contribution in [2.45, 2.75) is 19.8 Å². The van der Waals surface area contributed by atoms with Crippen LogP contribution < -0.4 is 5.32 Å². The molecule has 5 aromatic rings. The number of carbonyl (C=O) groups is 2. The first-order valence-corrected chi connectivity index (χ1v) is 12.3. The van der Waals surface area contributed by atoms with Crippen molar-refractivity contribution in [3.05, 3.63) is 131 Å². The topological polar surface area (TPSA) is 74.8 Å². The Hall–Kier alpha value is -4.77. The number of aromatic amines is 1. The smallest absolute Gasteiger partial charge is 0.224 e. The van der Waals surface area contributed by atoms with Gasteiger partial charge in [-0.25, -0.2) is 0 Å². The summed E-state index contributed by atoms with van der Waals surface area (Å²) in [5.41, 5.74) is 6.69. The molecule has 0 unspecified atom stereocenters. The Morgan fingerprint density at radius 3 is 2.43 bits per heavy atom. The molecular formula is C32H27N3O2. The molecule has 1 amide bonds. The quantitative estimate of drug-likeness (QED) is 0.236. The first kappa shape index (κ1) is 23.9. The number of aromatic nitrogens is 2. The first-order valence-electron chi connectivity index (χ1n) is 12.3. The minimum absolute atomic E-state index is 0.0832. The average Bonchev–Trinajstić information content (AvgIpc) is 3.34. The molecule has 0 fully saturated rings. The maximum Gasteiger partial charge on any atom is 0.224 e. The van der Waals surface area contributed by atoms with E-state index in [1.807, 2.05) is 91.9 Å². The lowest BCUT2D eigenvalue weighted by molar-refractivity contribution is -0.116. The van der Waals surface area contributed by atoms with E-state index in [1.54, 1.807) is 24.3 Å². The summed E-state index contributed by atoms with van der Waals surface area (Å²) in [6.07, 6.45) is 5.01. The van der Waals surface area contributed by atoms with Gasteiger partial charge < -0.3 is 5.32 Å². The summed E-state index contributed by atoms with van der Waals surface area (Å²) in [6.45, 7) is 2.04. The van der Waals surface area contributed by atoms with Gasteiger partial charge >= 0.3 is 0 Å². The van der Waals surface area contributed by atoms with Crippen LogP contribution in [0.1, 0.15) is 44.7 Å². The maximum absolute atomic E-state index is 13.2. The Balaban J connectivity index is 1.26. The highest BCUT2D eigenvalue weighted by molar-refractivity contribution is 6.11. The van der Waals surface area contributed by atoms with Crippen molar-refractivity contribution in [2.24, 2.45) is 0 Å². The van der Waals surface area contributed by atoms with Gasteiger partial charge in [0.05, 0.1) is 11.2 Å². The van der Waals surface area contributed by atoms with Gasteiger partial charge in [-0.15, -0.1) is 0 Å². The van der Waals surface area contributed by atoms with E-state index < -0.39 is 0 Å². The van der Waals surface area contributed by atoms with E-state index >= 15 is 0 Å². The monoisotopic (exact) mass is 485 g/mol. The standard InChI is InChI=1S/C32H27N3O2/c1-22-10-12-24(13-11-22)15-19-31(36)33-27-9-5-8-25(20-27)32(37)26-16-17-28-29(34-35-30(28)21-26)18-14-23-6-3-2-4-7-23/h2-14,16-18,20-21H,15,19H2,1H3,(H,33,36)(H,34,35)/b18-14+. The minimum atomic E-state index is -0.117. The molecule has 4 aromatic carbocycles. The zero-order chi connectivity index (χ0) is 25.6. The fourth-order valence-corrected chi connectivity index (χ4v) is 4.19. The number of carbonyl (C=O) groups excluding carboxylic acids is 2. The van der Waals surface area contributed by atoms with Crippen LogP contribution in [0.5, 0.6) is 0 Å². The van der Waals surface area contributed by atoms with Gasteiger partial charge in [0.15, 0.2) is 5.78 Å². The number of hydrogen-bond donors (Lipinski definition) is 2. The summed E-state index contributed by atoms with van der Waals surface area (Å²) in [6, 6.07) is 30.8. The van der Waals surface area contributed by atoms with Crippen molar-refractivity contribution in [1.82, 2.24) is 10.2 Å². The van der Waals surface area contributed by atoms with Gasteiger partial charge in [-0.1, -0.05) is 84.4 Å². The molecule has 2 N–H and O–H groups in total. The Kier molecular flexibility index (Phi) is 7.04. The molecule has 0 saturated carbocycles. The first-order chi connectivity index (χ1) is 18.0. The summed E-state index contributed by atoms with van der Waals surface area (Å²) < 4.78 is 0. The highest BCUT2D eigenvalue weighted by atomic mass is 16.1. The summed E-state index contributed by atoms with van der Waals surface area (Å²) in [7, 11) is 0. The number of nitrogens with one attached hydrogen (secondary N) is 2. The number of H-pyrrole nitrogens is 1. The molecule has 5 rings (SSSR count). The van der Waals surface area contributed by atoms with Crippen LogP contribution in [0.4, 0.5) is 5.69 Å². The molecule has 0 bridgehead atoms. The van der Waals surface area contributed by atoms with E-state index in [1.165, 1.54) is 5.56 Å². The molecule has 1 aromatic heterocycles. The molecule has 0 atom stereocenters. The lowest BCUT2D eigenvalue weighted by Crippen LogP contribution is -2.13. The van der Waals surface area contributed by atoms with Crippen LogP contribution in [0.2, 0.25) is 0 Å². The van der Waals surface area contributed by atoms with E-state index in [2.05, 4.69) is 15.5 Å². The fraction of sp³-hybridized carbons (Fsp3) is 0.0938. The van der Waals surface area contributed by atoms with Gasteiger partial charge in [-0.05, 0) is 54.8 Å². The normalized spacial score (nSPS) is 11.2. The van der Waals surface area contributed by atoms with Crippen LogP contribution >= 0.6 is 0 Å². The number of nitrogens with zero attached hydrogens (tertiary/aromatic N) is 1. The Morgan fingerprint density at radius 1 is 0.838 bits per heavy atom. The second-order valence-corrected chi connectivity index (χ2v) is 9.06. The van der Waals surface area contributed by atoms with E-state index in [9.17, 15) is 9.59 Å². The highest BCUT2D eigenvalue weighted by Crippen LogP contribution is 2.22. The number of hydrogen-bond acceptors (Lipinski definition) is 3. The number of aryl methyl sites for hydroxylation is 2. The summed E-state index contributed by atoms with van der Waals surface area (Å²) in [5, 5.41) is 11.3. The Morgan fingerprint density at radius 2 is 1.62 bits per heavy atom. The largest absolute Gasteiger partial charge is 0.326 e. The van der Waals surface area contributed by atoms with Gasteiger partial charge in [-0.2, -0.15) is 5.10 Å². The number of benzene rings is 4. The molecule has 5 nitrogen and oxygen atoms in total. The lowest BCUT2D eigenvalue weighted by Gasteiger charge is -2.08. The fourth-order valence-electron chi connectivity index (χ4n) is 4.19. The van der Waals surface area contributed by atoms with Crippen molar-refractivity contribution in [1.29, 1.82) is 0 Å². The van der Waals surface area contributed by atoms with E-state index in [4.69, 9.17) is 0 Å². The predicted molar refractivity (Wildman–Crippen MR) is 149 cm³/mol. The predicted octanol–water partition coefficient (Wildman–Crippen LogP) is 6.84. The van der Waals surface area contributed by atoms with Crippen molar-refractivity contribution in [2.75, 3.05) is 5.32 Å². The molecule has 0 spiro atoms. The molecule has 37 heavy (non-hydrogen) atoms. The van der Waals surface area contributed by atoms with Crippen molar-refractivity contribution in [3.8, 4) is 0 Å². The maximum atomic E-state index is 13.2. The third-order valence-electron chi connectivity index (χ3n) is 6.26. The Labute approximate surface area is 215 Å². The zero-order valence-electron chi connectivity index (χ0n) is 20.6. The van der Waals surface area contributed by atoms with Crippen molar-refractivity contribution in [3.63, 3.8) is 0 Å². The third kappa shape index (κ3) is 5.90. The van der Waals surface area contributed by atoms with E-state index in [0.717, 1.165) is 27.7 Å².